The van der Waals surface area contributed by atoms with Crippen LogP contribution in [0.15, 0.2) is 30.4 Å². The van der Waals surface area contributed by atoms with Crippen molar-refractivity contribution in [3.05, 3.63) is 41.5 Å². The van der Waals surface area contributed by atoms with Crippen LogP contribution in [0, 0.1) is 23.2 Å². The van der Waals surface area contributed by atoms with Crippen molar-refractivity contribution in [1.82, 2.24) is 0 Å². The molecule has 2 heteroatoms. The number of hydrogen-bond donors (Lipinski definition) is 1. The Morgan fingerprint density at radius 3 is 2.92 bits per heavy atom. The van der Waals surface area contributed by atoms with Gasteiger partial charge in [0.25, 0.3) is 0 Å². The molecule has 3 aliphatic rings. The molecule has 2 nitrogen and oxygen atoms in total. The van der Waals surface area contributed by atoms with Gasteiger partial charge in [-0.1, -0.05) is 32.1 Å². The highest BCUT2D eigenvalue weighted by Gasteiger charge is 2.57. The molecular formula is C22H28O2. The van der Waals surface area contributed by atoms with Crippen molar-refractivity contribution in [2.24, 2.45) is 23.2 Å². The fraction of sp³-hybridized carbons (Fsp3) is 0.591. The van der Waals surface area contributed by atoms with E-state index in [0.29, 0.717) is 35.2 Å². The number of hydrogen-bond acceptors (Lipinski definition) is 2. The minimum Gasteiger partial charge on any atom is -0.508 e. The average molecular weight is 324 g/mol. The van der Waals surface area contributed by atoms with Gasteiger partial charge in [0, 0.05) is 11.8 Å². The summed E-state index contributed by atoms with van der Waals surface area (Å²) in [5.41, 5.74) is 2.63. The van der Waals surface area contributed by atoms with Crippen LogP contribution < -0.4 is 0 Å². The largest absolute Gasteiger partial charge is 0.508 e. The molecule has 0 aromatic heterocycles. The molecule has 4 rings (SSSR count). The van der Waals surface area contributed by atoms with Crippen molar-refractivity contribution in [2.45, 2.75) is 58.3 Å². The molecular weight excluding hydrogens is 296 g/mol. The van der Waals surface area contributed by atoms with Crippen LogP contribution in [-0.2, 0) is 11.2 Å². The van der Waals surface area contributed by atoms with Crippen LogP contribution in [0.2, 0.25) is 0 Å². The maximum Gasteiger partial charge on any atom is 0.139 e. The number of rotatable bonds is 2. The van der Waals surface area contributed by atoms with Gasteiger partial charge in [0.1, 0.15) is 11.5 Å². The summed E-state index contributed by atoms with van der Waals surface area (Å²) in [5.74, 6) is 2.99. The quantitative estimate of drug-likeness (QED) is 0.776. The summed E-state index contributed by atoms with van der Waals surface area (Å²) in [6.07, 6.45) is 10.7. The number of aryl methyl sites for hydroxylation is 1. The van der Waals surface area contributed by atoms with Crippen molar-refractivity contribution in [3.8, 4) is 5.75 Å². The van der Waals surface area contributed by atoms with Gasteiger partial charge in [-0.2, -0.15) is 0 Å². The van der Waals surface area contributed by atoms with Gasteiger partial charge >= 0.3 is 0 Å². The predicted octanol–water partition coefficient (Wildman–Crippen LogP) is 5.01. The van der Waals surface area contributed by atoms with E-state index >= 15 is 0 Å². The van der Waals surface area contributed by atoms with Crippen LogP contribution in [0.3, 0.4) is 0 Å². The van der Waals surface area contributed by atoms with Gasteiger partial charge in [0.15, 0.2) is 0 Å². The number of ketones is 1. The SMILES string of the molecule is CCC=CC1C[C@]2(C)C(=O)CC[C@H]2[C@@H]2CCc3cc(O)ccc3[C@@H]12. The number of carbonyl (C=O) groups is 1. The zero-order valence-corrected chi connectivity index (χ0v) is 14.8. The molecule has 0 amide bonds. The second-order valence-electron chi connectivity index (χ2n) is 8.30. The van der Waals surface area contributed by atoms with Gasteiger partial charge in [-0.3, -0.25) is 4.79 Å². The van der Waals surface area contributed by atoms with Crippen molar-refractivity contribution < 1.29 is 9.90 Å². The Balaban J connectivity index is 1.79. The molecule has 2 fully saturated rings. The number of fused-ring (bicyclic) bond motifs is 5. The van der Waals surface area contributed by atoms with Crippen LogP contribution in [0.1, 0.15) is 63.0 Å². The first kappa shape index (κ1) is 15.9. The van der Waals surface area contributed by atoms with E-state index in [1.54, 1.807) is 0 Å². The predicted molar refractivity (Wildman–Crippen MR) is 96.0 cm³/mol. The van der Waals surface area contributed by atoms with E-state index in [9.17, 15) is 9.90 Å². The number of phenolic OH excluding ortho intramolecular Hbond substituents is 1. The van der Waals surface area contributed by atoms with Crippen molar-refractivity contribution >= 4 is 5.78 Å². The number of carbonyl (C=O) groups excluding carboxylic acids is 1. The average Bonchev–Trinajstić information content (AvgIpc) is 2.87. The smallest absolute Gasteiger partial charge is 0.139 e. The van der Waals surface area contributed by atoms with E-state index in [2.05, 4.69) is 32.1 Å². The van der Waals surface area contributed by atoms with Gasteiger partial charge in [0.2, 0.25) is 0 Å². The summed E-state index contributed by atoms with van der Waals surface area (Å²) in [5, 5.41) is 9.86. The van der Waals surface area contributed by atoms with E-state index in [1.165, 1.54) is 11.1 Å². The third-order valence-electron chi connectivity index (χ3n) is 7.09. The zero-order valence-electron chi connectivity index (χ0n) is 14.8. The van der Waals surface area contributed by atoms with Crippen molar-refractivity contribution in [2.75, 3.05) is 0 Å². The standard InChI is InChI=1S/C22H28O2/c1-3-4-5-15-13-22(2)19(10-11-20(22)24)18-8-6-14-12-16(23)7-9-17(14)21(15)18/h4-5,7,9,12,15,18-19,21,23H,3,6,8,10-11,13H2,1-2H3/t15?,18-,19-,21+,22-/m0/s1. The van der Waals surface area contributed by atoms with Gasteiger partial charge in [-0.25, -0.2) is 0 Å². The van der Waals surface area contributed by atoms with E-state index < -0.39 is 0 Å². The molecule has 1 aromatic carbocycles. The van der Waals surface area contributed by atoms with Crippen molar-refractivity contribution in [3.63, 3.8) is 0 Å². The molecule has 1 unspecified atom stereocenters. The monoisotopic (exact) mass is 324 g/mol. The first-order valence-corrected chi connectivity index (χ1v) is 9.56. The number of allylic oxidation sites excluding steroid dienone is 2. The Morgan fingerprint density at radius 1 is 1.29 bits per heavy atom. The number of benzene rings is 1. The Kier molecular flexibility index (Phi) is 3.82. The molecule has 0 heterocycles. The van der Waals surface area contributed by atoms with Crippen molar-refractivity contribution in [1.29, 1.82) is 0 Å². The van der Waals surface area contributed by atoms with Crippen LogP contribution in [0.25, 0.3) is 0 Å². The Morgan fingerprint density at radius 2 is 2.12 bits per heavy atom. The summed E-state index contributed by atoms with van der Waals surface area (Å²) in [6, 6.07) is 5.95. The third-order valence-corrected chi connectivity index (χ3v) is 7.09. The molecule has 0 bridgehead atoms. The molecule has 5 atom stereocenters. The highest BCUT2D eigenvalue weighted by molar-refractivity contribution is 5.87. The third kappa shape index (κ3) is 2.26. The maximum atomic E-state index is 12.7. The number of phenols is 1. The fourth-order valence-corrected chi connectivity index (χ4v) is 6.03. The topological polar surface area (TPSA) is 37.3 Å². The molecule has 2 saturated carbocycles. The Hall–Kier alpha value is -1.57. The van der Waals surface area contributed by atoms with Gasteiger partial charge in [0.05, 0.1) is 0 Å². The molecule has 128 valence electrons. The molecule has 0 aliphatic heterocycles. The minimum absolute atomic E-state index is 0.113. The number of Topliss-reactive ketones (excluding diaryl/α,β-unsaturated/α-hetero) is 1. The van der Waals surface area contributed by atoms with Crippen LogP contribution in [0.4, 0.5) is 0 Å². The van der Waals surface area contributed by atoms with Crippen LogP contribution in [-0.4, -0.2) is 10.9 Å². The second kappa shape index (κ2) is 5.75. The van der Waals surface area contributed by atoms with E-state index in [0.717, 1.165) is 38.5 Å². The minimum atomic E-state index is -0.113. The molecule has 0 radical (unpaired) electrons. The summed E-state index contributed by atoms with van der Waals surface area (Å²) < 4.78 is 0. The normalized spacial score (nSPS) is 38.0. The van der Waals surface area contributed by atoms with Gasteiger partial charge in [-0.05, 0) is 79.0 Å². The summed E-state index contributed by atoms with van der Waals surface area (Å²) in [4.78, 5) is 12.7. The Labute approximate surface area is 145 Å². The summed E-state index contributed by atoms with van der Waals surface area (Å²) in [7, 11) is 0. The molecule has 24 heavy (non-hydrogen) atoms. The zero-order chi connectivity index (χ0) is 16.9. The van der Waals surface area contributed by atoms with E-state index in [1.807, 2.05) is 12.1 Å². The molecule has 1 aromatic rings. The summed E-state index contributed by atoms with van der Waals surface area (Å²) in [6.45, 7) is 4.41. The number of aromatic hydroxyl groups is 1. The lowest BCUT2D eigenvalue weighted by Gasteiger charge is -2.51. The van der Waals surface area contributed by atoms with Crippen LogP contribution >= 0.6 is 0 Å². The highest BCUT2D eigenvalue weighted by Crippen LogP contribution is 2.61. The van der Waals surface area contributed by atoms with E-state index in [-0.39, 0.29) is 5.41 Å². The fourth-order valence-electron chi connectivity index (χ4n) is 6.03. The first-order chi connectivity index (χ1) is 11.5. The first-order valence-electron chi connectivity index (χ1n) is 9.56. The second-order valence-corrected chi connectivity index (χ2v) is 8.30. The lowest BCUT2D eigenvalue weighted by molar-refractivity contribution is -0.130. The van der Waals surface area contributed by atoms with Gasteiger partial charge in [-0.15, -0.1) is 0 Å². The summed E-state index contributed by atoms with van der Waals surface area (Å²) >= 11 is 0. The van der Waals surface area contributed by atoms with Gasteiger partial charge < -0.3 is 5.11 Å². The molecule has 0 saturated heterocycles. The highest BCUT2D eigenvalue weighted by atomic mass is 16.3. The molecule has 1 N–H and O–H groups in total. The molecule has 0 spiro atoms. The van der Waals surface area contributed by atoms with E-state index in [4.69, 9.17) is 0 Å². The van der Waals surface area contributed by atoms with Crippen LogP contribution in [0.5, 0.6) is 5.75 Å². The molecule has 3 aliphatic carbocycles. The maximum absolute atomic E-state index is 12.7. The Bertz CT molecular complexity index is 689. The lowest BCUT2D eigenvalue weighted by Crippen LogP contribution is -2.46. The lowest BCUT2D eigenvalue weighted by atomic mass is 9.52.